The molecule has 0 saturated carbocycles. The van der Waals surface area contributed by atoms with Gasteiger partial charge in [-0.25, -0.2) is 0 Å². The molecule has 0 aromatic rings. The summed E-state index contributed by atoms with van der Waals surface area (Å²) in [5, 5.41) is 4.95. The van der Waals surface area contributed by atoms with Crippen LogP contribution in [0.4, 0.5) is 0 Å². The number of thioether (sulfide) groups is 1. The highest BCUT2D eigenvalue weighted by molar-refractivity contribution is 8.14. The molecule has 1 rings (SSSR count). The highest BCUT2D eigenvalue weighted by Gasteiger charge is 2.14. The average Bonchev–Trinajstić information content (AvgIpc) is 2.14. The minimum absolute atomic E-state index is 0.702. The Morgan fingerprint density at radius 1 is 1.88 bits per heavy atom. The molecule has 46 valence electrons. The monoisotopic (exact) mass is 130 g/mol. The molecule has 1 aliphatic heterocycles. The van der Waals surface area contributed by atoms with Crippen LogP contribution < -0.4 is 5.32 Å². The molecule has 0 spiro atoms. The van der Waals surface area contributed by atoms with Crippen LogP contribution in [0.25, 0.3) is 0 Å². The molecule has 0 radical (unpaired) electrons. The van der Waals surface area contributed by atoms with Gasteiger partial charge in [-0.1, -0.05) is 18.7 Å². The second-order valence-corrected chi connectivity index (χ2v) is 3.27. The van der Waals surface area contributed by atoms with E-state index in [-0.39, 0.29) is 0 Å². The summed E-state index contributed by atoms with van der Waals surface area (Å²) < 4.78 is 0. The first-order chi connectivity index (χ1) is 3.83. The fraction of sp³-hybridized carbons (Fsp3) is 0.800. The quantitative estimate of drug-likeness (QED) is 0.522. The molecule has 1 atom stereocenters. The van der Waals surface area contributed by atoms with E-state index < -0.39 is 0 Å². The fourth-order valence-corrected chi connectivity index (χ4v) is 1.46. The number of nitrogens with zero attached hydrogens (tertiary/aromatic N) is 1. The maximum Gasteiger partial charge on any atom is 0.156 e. The van der Waals surface area contributed by atoms with E-state index in [1.165, 1.54) is 0 Å². The molecule has 1 heterocycles. The van der Waals surface area contributed by atoms with Crippen LogP contribution >= 0.6 is 11.8 Å². The van der Waals surface area contributed by atoms with Gasteiger partial charge in [-0.2, -0.15) is 0 Å². The van der Waals surface area contributed by atoms with Crippen LogP contribution in [-0.4, -0.2) is 24.0 Å². The molecular formula is C5H10N2S. The molecule has 0 aromatic heterocycles. The largest absolute Gasteiger partial charge is 0.364 e. The summed E-state index contributed by atoms with van der Waals surface area (Å²) in [5.41, 5.74) is 0. The lowest BCUT2D eigenvalue weighted by atomic mass is 10.5. The van der Waals surface area contributed by atoms with Gasteiger partial charge in [0.05, 0.1) is 0 Å². The summed E-state index contributed by atoms with van der Waals surface area (Å²) in [6, 6.07) is 0. The summed E-state index contributed by atoms with van der Waals surface area (Å²) in [6.45, 7) is 3.26. The van der Waals surface area contributed by atoms with Gasteiger partial charge in [0.2, 0.25) is 0 Å². The Morgan fingerprint density at radius 2 is 2.62 bits per heavy atom. The third-order valence-electron chi connectivity index (χ3n) is 1.06. The van der Waals surface area contributed by atoms with Gasteiger partial charge in [-0.3, -0.25) is 4.99 Å². The number of rotatable bonds is 0. The Balaban J connectivity index is 2.44. The second kappa shape index (κ2) is 2.40. The van der Waals surface area contributed by atoms with Gasteiger partial charge in [0.1, 0.15) is 0 Å². The molecular weight excluding hydrogens is 120 g/mol. The predicted octanol–water partition coefficient (Wildman–Crippen LogP) is 0.697. The maximum absolute atomic E-state index is 4.01. The third kappa shape index (κ3) is 1.15. The van der Waals surface area contributed by atoms with Crippen molar-refractivity contribution in [3.05, 3.63) is 0 Å². The van der Waals surface area contributed by atoms with Gasteiger partial charge in [0.25, 0.3) is 0 Å². The van der Waals surface area contributed by atoms with Crippen LogP contribution in [0.15, 0.2) is 4.99 Å². The smallest absolute Gasteiger partial charge is 0.156 e. The zero-order valence-corrected chi connectivity index (χ0v) is 5.96. The van der Waals surface area contributed by atoms with E-state index >= 15 is 0 Å². The summed E-state index contributed by atoms with van der Waals surface area (Å²) in [5.74, 6) is 0. The molecule has 0 amide bonds. The molecule has 3 heteroatoms. The zero-order valence-electron chi connectivity index (χ0n) is 5.14. The van der Waals surface area contributed by atoms with Crippen LogP contribution in [0.3, 0.4) is 0 Å². The van der Waals surface area contributed by atoms with Crippen LogP contribution in [0.2, 0.25) is 0 Å². The van der Waals surface area contributed by atoms with E-state index in [1.807, 2.05) is 7.05 Å². The van der Waals surface area contributed by atoms with Crippen molar-refractivity contribution >= 4 is 16.9 Å². The van der Waals surface area contributed by atoms with Crippen LogP contribution in [0.5, 0.6) is 0 Å². The third-order valence-corrected chi connectivity index (χ3v) is 2.18. The van der Waals surface area contributed by atoms with Crippen molar-refractivity contribution in [2.24, 2.45) is 4.99 Å². The minimum Gasteiger partial charge on any atom is -0.364 e. The van der Waals surface area contributed by atoms with Crippen molar-refractivity contribution in [3.63, 3.8) is 0 Å². The lowest BCUT2D eigenvalue weighted by Gasteiger charge is -1.89. The molecule has 1 fully saturated rings. The lowest BCUT2D eigenvalue weighted by Crippen LogP contribution is -2.14. The molecule has 1 N–H and O–H groups in total. The molecule has 0 aliphatic carbocycles. The highest BCUT2D eigenvalue weighted by Crippen LogP contribution is 2.15. The van der Waals surface area contributed by atoms with E-state index in [0.29, 0.717) is 5.25 Å². The summed E-state index contributed by atoms with van der Waals surface area (Å²) in [7, 11) is 1.81. The number of nitrogens with one attached hydrogen (secondary N) is 1. The van der Waals surface area contributed by atoms with Crippen molar-refractivity contribution in [2.45, 2.75) is 12.2 Å². The Bertz CT molecular complexity index is 111. The summed E-state index contributed by atoms with van der Waals surface area (Å²) in [4.78, 5) is 4.01. The van der Waals surface area contributed by atoms with Crippen molar-refractivity contribution in [1.82, 2.24) is 5.32 Å². The van der Waals surface area contributed by atoms with Gasteiger partial charge < -0.3 is 5.32 Å². The lowest BCUT2D eigenvalue weighted by molar-refractivity contribution is 0.890. The summed E-state index contributed by atoms with van der Waals surface area (Å²) >= 11 is 1.80. The average molecular weight is 130 g/mol. The standard InChI is InChI=1S/C5H10N2S/c1-4-3-7-5(6-2)8-4/h4H,3H2,1-2H3,(H,6,7)/t4-/m0/s1. The van der Waals surface area contributed by atoms with E-state index in [4.69, 9.17) is 0 Å². The zero-order chi connectivity index (χ0) is 5.98. The van der Waals surface area contributed by atoms with Gasteiger partial charge in [0.15, 0.2) is 5.17 Å². The molecule has 8 heavy (non-hydrogen) atoms. The highest BCUT2D eigenvalue weighted by atomic mass is 32.2. The Hall–Kier alpha value is -0.180. The van der Waals surface area contributed by atoms with Gasteiger partial charge in [-0.05, 0) is 0 Å². The Labute approximate surface area is 53.8 Å². The molecule has 0 unspecified atom stereocenters. The number of hydrogen-bond donors (Lipinski definition) is 1. The maximum atomic E-state index is 4.01. The van der Waals surface area contributed by atoms with Gasteiger partial charge in [-0.15, -0.1) is 0 Å². The topological polar surface area (TPSA) is 24.4 Å². The number of amidine groups is 1. The van der Waals surface area contributed by atoms with Crippen LogP contribution in [-0.2, 0) is 0 Å². The number of aliphatic imine (C=N–C) groups is 1. The van der Waals surface area contributed by atoms with Crippen molar-refractivity contribution in [2.75, 3.05) is 13.6 Å². The van der Waals surface area contributed by atoms with E-state index in [0.717, 1.165) is 11.7 Å². The Kier molecular flexibility index (Phi) is 1.78. The second-order valence-electron chi connectivity index (χ2n) is 1.84. The van der Waals surface area contributed by atoms with Gasteiger partial charge >= 0.3 is 0 Å². The van der Waals surface area contributed by atoms with E-state index in [2.05, 4.69) is 17.2 Å². The fourth-order valence-electron chi connectivity index (χ4n) is 0.637. The van der Waals surface area contributed by atoms with Crippen molar-refractivity contribution in [3.8, 4) is 0 Å². The predicted molar refractivity (Wildman–Crippen MR) is 38.4 cm³/mol. The van der Waals surface area contributed by atoms with Crippen molar-refractivity contribution < 1.29 is 0 Å². The molecule has 1 aliphatic rings. The van der Waals surface area contributed by atoms with Crippen LogP contribution in [0.1, 0.15) is 6.92 Å². The molecule has 2 nitrogen and oxygen atoms in total. The molecule has 0 bridgehead atoms. The van der Waals surface area contributed by atoms with Gasteiger partial charge in [0, 0.05) is 18.8 Å². The van der Waals surface area contributed by atoms with E-state index in [9.17, 15) is 0 Å². The first-order valence-electron chi connectivity index (χ1n) is 2.70. The minimum atomic E-state index is 0.702. The number of hydrogen-bond acceptors (Lipinski definition) is 2. The first-order valence-corrected chi connectivity index (χ1v) is 3.58. The summed E-state index contributed by atoms with van der Waals surface area (Å²) in [6.07, 6.45) is 0. The molecule has 0 aromatic carbocycles. The SMILES string of the molecule is CN=C1NC[C@H](C)S1. The molecule has 1 saturated heterocycles. The van der Waals surface area contributed by atoms with E-state index in [1.54, 1.807) is 11.8 Å². The normalized spacial score (nSPS) is 33.2. The van der Waals surface area contributed by atoms with Crippen LogP contribution in [0, 0.1) is 0 Å². The Morgan fingerprint density at radius 3 is 2.88 bits per heavy atom. The first kappa shape index (κ1) is 5.95. The van der Waals surface area contributed by atoms with Crippen molar-refractivity contribution in [1.29, 1.82) is 0 Å².